The molecular weight excluding hydrogens is 382 g/mol. The SMILES string of the molecule is COC1OCC(COc2ccnc(C[S+]([O-])c3nc4ccccc4[nH]3)c2)CO1. The summed E-state index contributed by atoms with van der Waals surface area (Å²) in [4.78, 5) is 11.8. The topological polar surface area (TPSA) is 102 Å². The Morgan fingerprint density at radius 3 is 2.86 bits per heavy atom. The minimum Gasteiger partial charge on any atom is -0.609 e. The molecule has 1 aromatic carbocycles. The fraction of sp³-hybridized carbons (Fsp3) is 0.368. The first-order valence-electron chi connectivity index (χ1n) is 8.88. The van der Waals surface area contributed by atoms with Crippen LogP contribution in [0.2, 0.25) is 0 Å². The molecule has 0 amide bonds. The maximum atomic E-state index is 12.7. The highest BCUT2D eigenvalue weighted by Crippen LogP contribution is 2.20. The summed E-state index contributed by atoms with van der Waals surface area (Å²) < 4.78 is 34.2. The maximum Gasteiger partial charge on any atom is 0.322 e. The van der Waals surface area contributed by atoms with Crippen LogP contribution in [0.4, 0.5) is 0 Å². The molecule has 1 aliphatic rings. The molecule has 9 heteroatoms. The predicted octanol–water partition coefficient (Wildman–Crippen LogP) is 2.24. The van der Waals surface area contributed by atoms with Gasteiger partial charge in [0.1, 0.15) is 5.75 Å². The van der Waals surface area contributed by atoms with Crippen LogP contribution in [0.1, 0.15) is 5.69 Å². The number of hydrogen-bond donors (Lipinski definition) is 1. The number of fused-ring (bicyclic) bond motifs is 1. The normalized spacial score (nSPS) is 20.9. The molecule has 4 rings (SSSR count). The molecule has 0 spiro atoms. The van der Waals surface area contributed by atoms with Crippen molar-refractivity contribution in [3.05, 3.63) is 48.3 Å². The summed E-state index contributed by atoms with van der Waals surface area (Å²) in [6, 6.07) is 11.2. The van der Waals surface area contributed by atoms with Crippen LogP contribution >= 0.6 is 0 Å². The molecular formula is C19H21N3O5S. The second kappa shape index (κ2) is 8.89. The molecule has 3 heterocycles. The third-order valence-electron chi connectivity index (χ3n) is 4.26. The smallest absolute Gasteiger partial charge is 0.322 e. The van der Waals surface area contributed by atoms with Gasteiger partial charge in [-0.1, -0.05) is 12.1 Å². The lowest BCUT2D eigenvalue weighted by atomic mass is 10.2. The number of rotatable bonds is 7. The zero-order valence-corrected chi connectivity index (χ0v) is 16.2. The van der Waals surface area contributed by atoms with E-state index in [1.54, 1.807) is 18.3 Å². The van der Waals surface area contributed by atoms with Gasteiger partial charge in [0.15, 0.2) is 5.75 Å². The number of nitrogens with zero attached hydrogens (tertiary/aromatic N) is 2. The van der Waals surface area contributed by atoms with Crippen molar-refractivity contribution in [1.82, 2.24) is 15.0 Å². The van der Waals surface area contributed by atoms with Crippen LogP contribution in [0, 0.1) is 5.92 Å². The standard InChI is InChI=1S/C19H21N3O5S/c1-24-19-26-10-13(11-27-19)9-25-15-6-7-20-14(8-15)12-28(23)18-21-16-4-2-3-5-17(16)22-18/h2-8,13,19H,9-12H2,1H3,(H,21,22). The van der Waals surface area contributed by atoms with Crippen LogP contribution in [0.3, 0.4) is 0 Å². The van der Waals surface area contributed by atoms with Crippen molar-refractivity contribution >= 4 is 22.2 Å². The monoisotopic (exact) mass is 403 g/mol. The van der Waals surface area contributed by atoms with Gasteiger partial charge in [-0.3, -0.25) is 9.97 Å². The number of H-pyrrole nitrogens is 1. The summed E-state index contributed by atoms with van der Waals surface area (Å²) in [5.74, 6) is 1.04. The van der Waals surface area contributed by atoms with Gasteiger partial charge >= 0.3 is 5.16 Å². The van der Waals surface area contributed by atoms with Gasteiger partial charge in [0.25, 0.3) is 6.48 Å². The summed E-state index contributed by atoms with van der Waals surface area (Å²) in [7, 11) is 1.54. The number of imidazole rings is 1. The van der Waals surface area contributed by atoms with Crippen molar-refractivity contribution in [1.29, 1.82) is 0 Å². The third-order valence-corrected chi connectivity index (χ3v) is 5.45. The quantitative estimate of drug-likeness (QED) is 0.604. The Morgan fingerprint density at radius 2 is 2.07 bits per heavy atom. The molecule has 148 valence electrons. The molecule has 1 N–H and O–H groups in total. The molecule has 28 heavy (non-hydrogen) atoms. The van der Waals surface area contributed by atoms with E-state index in [9.17, 15) is 4.55 Å². The van der Waals surface area contributed by atoms with Crippen molar-refractivity contribution in [3.8, 4) is 5.75 Å². The van der Waals surface area contributed by atoms with Gasteiger partial charge in [0, 0.05) is 36.5 Å². The van der Waals surface area contributed by atoms with E-state index >= 15 is 0 Å². The number of methoxy groups -OCH3 is 1. The van der Waals surface area contributed by atoms with Crippen LogP contribution in [0.25, 0.3) is 11.0 Å². The van der Waals surface area contributed by atoms with Crippen molar-refractivity contribution in [2.24, 2.45) is 5.92 Å². The largest absolute Gasteiger partial charge is 0.609 e. The number of para-hydroxylation sites is 2. The number of aromatic amines is 1. The lowest BCUT2D eigenvalue weighted by Gasteiger charge is -2.27. The van der Waals surface area contributed by atoms with E-state index in [-0.39, 0.29) is 11.7 Å². The van der Waals surface area contributed by atoms with Crippen LogP contribution < -0.4 is 4.74 Å². The highest BCUT2D eigenvalue weighted by Gasteiger charge is 2.23. The maximum absolute atomic E-state index is 12.7. The second-order valence-corrected chi connectivity index (χ2v) is 7.77. The lowest BCUT2D eigenvalue weighted by molar-refractivity contribution is -0.314. The van der Waals surface area contributed by atoms with E-state index in [0.29, 0.717) is 36.4 Å². The van der Waals surface area contributed by atoms with Crippen molar-refractivity contribution in [2.45, 2.75) is 17.4 Å². The minimum atomic E-state index is -1.33. The van der Waals surface area contributed by atoms with Crippen LogP contribution in [-0.4, -0.2) is 52.9 Å². The first-order chi connectivity index (χ1) is 13.7. The molecule has 1 unspecified atom stereocenters. The zero-order chi connectivity index (χ0) is 19.3. The number of benzene rings is 1. The van der Waals surface area contributed by atoms with E-state index < -0.39 is 17.7 Å². The predicted molar refractivity (Wildman–Crippen MR) is 102 cm³/mol. The Hall–Kier alpha value is -2.17. The molecule has 1 fully saturated rings. The third kappa shape index (κ3) is 4.62. The van der Waals surface area contributed by atoms with Gasteiger partial charge in [-0.25, -0.2) is 0 Å². The Balaban J connectivity index is 1.34. The molecule has 0 saturated carbocycles. The lowest BCUT2D eigenvalue weighted by Crippen LogP contribution is -2.35. The molecule has 1 aliphatic heterocycles. The fourth-order valence-corrected chi connectivity index (χ4v) is 3.82. The van der Waals surface area contributed by atoms with Gasteiger partial charge in [0.05, 0.1) is 36.5 Å². The van der Waals surface area contributed by atoms with Gasteiger partial charge in [-0.15, -0.1) is 0 Å². The van der Waals surface area contributed by atoms with E-state index in [0.717, 1.165) is 11.0 Å². The first kappa shape index (κ1) is 19.2. The van der Waals surface area contributed by atoms with Crippen LogP contribution in [0.5, 0.6) is 5.75 Å². The molecule has 2 aromatic heterocycles. The zero-order valence-electron chi connectivity index (χ0n) is 15.4. The van der Waals surface area contributed by atoms with Crippen molar-refractivity contribution in [3.63, 3.8) is 0 Å². The summed E-state index contributed by atoms with van der Waals surface area (Å²) >= 11 is -1.33. The molecule has 1 atom stereocenters. The molecule has 1 saturated heterocycles. The van der Waals surface area contributed by atoms with E-state index in [2.05, 4.69) is 15.0 Å². The van der Waals surface area contributed by atoms with Crippen LogP contribution in [0.15, 0.2) is 47.8 Å². The Labute approximate surface area is 165 Å². The number of aromatic nitrogens is 3. The molecule has 8 nitrogen and oxygen atoms in total. The summed E-state index contributed by atoms with van der Waals surface area (Å²) in [6.07, 6.45) is 1.65. The fourth-order valence-electron chi connectivity index (χ4n) is 2.84. The Bertz CT molecular complexity index is 880. The van der Waals surface area contributed by atoms with Crippen LogP contribution in [-0.2, 0) is 31.1 Å². The minimum absolute atomic E-state index is 0.118. The Morgan fingerprint density at radius 1 is 1.25 bits per heavy atom. The summed E-state index contributed by atoms with van der Waals surface area (Å²) in [6.45, 7) is 0.864. The highest BCUT2D eigenvalue weighted by atomic mass is 32.2. The van der Waals surface area contributed by atoms with Crippen molar-refractivity contribution in [2.75, 3.05) is 26.9 Å². The summed E-state index contributed by atoms with van der Waals surface area (Å²) in [5, 5.41) is 0.443. The molecule has 3 aromatic rings. The number of pyridine rings is 1. The number of ether oxygens (including phenoxy) is 4. The first-order valence-corrected chi connectivity index (χ1v) is 10.2. The summed E-state index contributed by atoms with van der Waals surface area (Å²) in [5.41, 5.74) is 2.33. The van der Waals surface area contributed by atoms with E-state index in [1.807, 2.05) is 24.3 Å². The van der Waals surface area contributed by atoms with E-state index in [4.69, 9.17) is 18.9 Å². The van der Waals surface area contributed by atoms with Gasteiger partial charge in [-0.05, 0) is 18.2 Å². The van der Waals surface area contributed by atoms with Gasteiger partial charge < -0.3 is 23.5 Å². The average molecular weight is 403 g/mol. The molecule has 0 radical (unpaired) electrons. The second-order valence-electron chi connectivity index (χ2n) is 6.40. The Kier molecular flexibility index (Phi) is 6.08. The van der Waals surface area contributed by atoms with E-state index in [1.165, 1.54) is 7.11 Å². The number of nitrogens with one attached hydrogen (secondary N) is 1. The molecule has 0 bridgehead atoms. The van der Waals surface area contributed by atoms with Gasteiger partial charge in [0.2, 0.25) is 0 Å². The average Bonchev–Trinajstić information content (AvgIpc) is 3.17. The highest BCUT2D eigenvalue weighted by molar-refractivity contribution is 7.90. The van der Waals surface area contributed by atoms with Crippen molar-refractivity contribution < 1.29 is 23.5 Å². The molecule has 0 aliphatic carbocycles. The number of hydrogen-bond acceptors (Lipinski definition) is 7. The van der Waals surface area contributed by atoms with Gasteiger partial charge in [-0.2, -0.15) is 4.98 Å².